The van der Waals surface area contributed by atoms with E-state index in [1.54, 1.807) is 0 Å². The molecule has 0 saturated heterocycles. The lowest BCUT2D eigenvalue weighted by Crippen LogP contribution is -1.89. The zero-order valence-electron chi connectivity index (χ0n) is 29.0. The molecule has 0 atom stereocenters. The molecule has 0 nitrogen and oxygen atoms in total. The predicted molar refractivity (Wildman–Crippen MR) is 223 cm³/mol. The molecular weight excluding hydrogens is 625 g/mol. The zero-order chi connectivity index (χ0) is 34.2. The van der Waals surface area contributed by atoms with Crippen molar-refractivity contribution in [2.45, 2.75) is 13.8 Å². The molecule has 0 amide bonds. The maximum absolute atomic E-state index is 2.49. The molecule has 52 heavy (non-hydrogen) atoms. The molecule has 0 saturated carbocycles. The van der Waals surface area contributed by atoms with E-state index in [4.69, 9.17) is 0 Å². The highest BCUT2D eigenvalue weighted by Crippen LogP contribution is 2.54. The summed E-state index contributed by atoms with van der Waals surface area (Å²) < 4.78 is 0. The van der Waals surface area contributed by atoms with Crippen molar-refractivity contribution in [3.63, 3.8) is 0 Å². The van der Waals surface area contributed by atoms with Crippen LogP contribution in [0.4, 0.5) is 0 Å². The van der Waals surface area contributed by atoms with Crippen molar-refractivity contribution >= 4 is 53.9 Å². The number of aryl methyl sites for hydroxylation is 2. The topological polar surface area (TPSA) is 0 Å². The van der Waals surface area contributed by atoms with Crippen LogP contribution in [0.25, 0.3) is 121 Å². The van der Waals surface area contributed by atoms with Crippen molar-refractivity contribution in [3.8, 4) is 66.8 Å². The van der Waals surface area contributed by atoms with E-state index in [1.807, 2.05) is 0 Å². The Morgan fingerprint density at radius 2 is 0.808 bits per heavy atom. The molecule has 240 valence electrons. The van der Waals surface area contributed by atoms with Gasteiger partial charge in [-0.15, -0.1) is 0 Å². The van der Waals surface area contributed by atoms with Crippen LogP contribution >= 0.6 is 0 Å². The minimum absolute atomic E-state index is 1.28. The van der Waals surface area contributed by atoms with Gasteiger partial charge in [0.15, 0.2) is 0 Å². The van der Waals surface area contributed by atoms with E-state index in [-0.39, 0.29) is 0 Å². The number of fused-ring (bicyclic) bond motifs is 11. The van der Waals surface area contributed by atoms with Crippen LogP contribution in [0.2, 0.25) is 0 Å². The Kier molecular flexibility index (Phi) is 5.46. The first-order chi connectivity index (χ1) is 25.6. The third-order valence-electron chi connectivity index (χ3n) is 12.2. The summed E-state index contributed by atoms with van der Waals surface area (Å²) in [5, 5.41) is 13.2. The van der Waals surface area contributed by atoms with Crippen molar-refractivity contribution in [3.05, 3.63) is 169 Å². The Hall–Kier alpha value is -6.50. The second-order valence-corrected chi connectivity index (χ2v) is 14.9. The second kappa shape index (κ2) is 10.1. The van der Waals surface area contributed by atoms with Gasteiger partial charge in [-0.3, -0.25) is 0 Å². The maximum atomic E-state index is 2.49. The van der Waals surface area contributed by atoms with Gasteiger partial charge in [0.05, 0.1) is 0 Å². The minimum atomic E-state index is 1.28. The summed E-state index contributed by atoms with van der Waals surface area (Å²) in [5.41, 5.74) is 18.5. The Balaban J connectivity index is 1.12. The highest BCUT2D eigenvalue weighted by atomic mass is 14.3. The highest BCUT2D eigenvalue weighted by Gasteiger charge is 2.26. The van der Waals surface area contributed by atoms with Crippen LogP contribution in [0.1, 0.15) is 11.1 Å². The third-order valence-corrected chi connectivity index (χ3v) is 12.2. The first-order valence-electron chi connectivity index (χ1n) is 18.3. The van der Waals surface area contributed by atoms with E-state index in [9.17, 15) is 0 Å². The van der Waals surface area contributed by atoms with Crippen molar-refractivity contribution < 1.29 is 0 Å². The standard InChI is InChI=1S/C52H32/c1-29-10-7-11-30(2)50(29)32-21-20-31-25-44-41-18-9-19-42-48-27-46(38-22-23-43-35-13-4-3-12-34(35)39-16-8-17-40(38)51(39)43)36-14-5-6-15-37(36)47(48)28-49(52(41)42)45(44)26-33(31)24-32/h3-28H,1-2H3. The first-order valence-corrected chi connectivity index (χ1v) is 18.3. The molecule has 12 rings (SSSR count). The van der Waals surface area contributed by atoms with E-state index in [0.717, 1.165) is 0 Å². The molecule has 2 aliphatic carbocycles. The van der Waals surface area contributed by atoms with Gasteiger partial charge >= 0.3 is 0 Å². The van der Waals surface area contributed by atoms with Crippen LogP contribution in [-0.4, -0.2) is 0 Å². The Labute approximate surface area is 302 Å². The lowest BCUT2D eigenvalue weighted by molar-refractivity contribution is 1.38. The summed E-state index contributed by atoms with van der Waals surface area (Å²) in [6, 6.07) is 59.8. The summed E-state index contributed by atoms with van der Waals surface area (Å²) >= 11 is 0. The van der Waals surface area contributed by atoms with Crippen LogP contribution < -0.4 is 0 Å². The largest absolute Gasteiger partial charge is 0.0617 e. The van der Waals surface area contributed by atoms with Crippen molar-refractivity contribution in [2.75, 3.05) is 0 Å². The van der Waals surface area contributed by atoms with Gasteiger partial charge in [0, 0.05) is 0 Å². The van der Waals surface area contributed by atoms with Gasteiger partial charge in [-0.2, -0.15) is 0 Å². The molecule has 10 aromatic carbocycles. The highest BCUT2D eigenvalue weighted by molar-refractivity contribution is 6.30. The van der Waals surface area contributed by atoms with Crippen LogP contribution in [0, 0.1) is 13.8 Å². The van der Waals surface area contributed by atoms with Gasteiger partial charge in [0.2, 0.25) is 0 Å². The van der Waals surface area contributed by atoms with Crippen molar-refractivity contribution in [2.24, 2.45) is 0 Å². The fourth-order valence-electron chi connectivity index (χ4n) is 9.93. The fourth-order valence-corrected chi connectivity index (χ4v) is 9.93. The minimum Gasteiger partial charge on any atom is -0.0617 e. The third kappa shape index (κ3) is 3.61. The van der Waals surface area contributed by atoms with E-state index < -0.39 is 0 Å². The second-order valence-electron chi connectivity index (χ2n) is 14.9. The molecule has 0 aromatic heterocycles. The van der Waals surface area contributed by atoms with Crippen molar-refractivity contribution in [1.29, 1.82) is 0 Å². The smallest absolute Gasteiger partial charge is 0.00199 e. The first kappa shape index (κ1) is 28.2. The van der Waals surface area contributed by atoms with E-state index in [0.29, 0.717) is 0 Å². The van der Waals surface area contributed by atoms with Gasteiger partial charge in [0.1, 0.15) is 0 Å². The summed E-state index contributed by atoms with van der Waals surface area (Å²) in [6.45, 7) is 4.44. The number of hydrogen-bond acceptors (Lipinski definition) is 0. The Morgan fingerprint density at radius 3 is 1.62 bits per heavy atom. The normalized spacial score (nSPS) is 12.4. The molecule has 0 aliphatic heterocycles. The van der Waals surface area contributed by atoms with Crippen molar-refractivity contribution in [1.82, 2.24) is 0 Å². The molecule has 0 radical (unpaired) electrons. The van der Waals surface area contributed by atoms with Gasteiger partial charge in [-0.05, 0) is 176 Å². The summed E-state index contributed by atoms with van der Waals surface area (Å²) in [4.78, 5) is 0. The summed E-state index contributed by atoms with van der Waals surface area (Å²) in [7, 11) is 0. The molecule has 0 spiro atoms. The van der Waals surface area contributed by atoms with Crippen LogP contribution in [0.3, 0.4) is 0 Å². The van der Waals surface area contributed by atoms with Gasteiger partial charge in [-0.1, -0.05) is 127 Å². The van der Waals surface area contributed by atoms with Gasteiger partial charge < -0.3 is 0 Å². The molecule has 0 fully saturated rings. The molecule has 0 heteroatoms. The number of rotatable bonds is 2. The molecule has 2 aliphatic rings. The lowest BCUT2D eigenvalue weighted by atomic mass is 9.87. The predicted octanol–water partition coefficient (Wildman–Crippen LogP) is 14.7. The average molecular weight is 657 g/mol. The number of benzene rings is 10. The Bertz CT molecular complexity index is 3200. The molecule has 0 heterocycles. The fraction of sp³-hybridized carbons (Fsp3) is 0.0385. The Morgan fingerprint density at radius 1 is 0.269 bits per heavy atom. The van der Waals surface area contributed by atoms with Gasteiger partial charge in [-0.25, -0.2) is 0 Å². The number of hydrogen-bond donors (Lipinski definition) is 0. The SMILES string of the molecule is Cc1cccc(C)c1-c1ccc2cc3c(cc2c1)-c1cc2c4ccccc4c(-c4ccc5c6c(cccc46)-c4ccccc4-5)cc2c2cccc-3c12. The van der Waals surface area contributed by atoms with E-state index >= 15 is 0 Å². The zero-order valence-corrected chi connectivity index (χ0v) is 29.0. The molecule has 0 unspecified atom stereocenters. The molecule has 10 aromatic rings. The van der Waals surface area contributed by atoms with E-state index in [2.05, 4.69) is 172 Å². The van der Waals surface area contributed by atoms with Crippen LogP contribution in [0.5, 0.6) is 0 Å². The average Bonchev–Trinajstić information content (AvgIpc) is 3.67. The summed E-state index contributed by atoms with van der Waals surface area (Å²) in [5.74, 6) is 0. The maximum Gasteiger partial charge on any atom is -0.00199 e. The quantitative estimate of drug-likeness (QED) is 0.162. The van der Waals surface area contributed by atoms with E-state index in [1.165, 1.54) is 132 Å². The monoisotopic (exact) mass is 656 g/mol. The summed E-state index contributed by atoms with van der Waals surface area (Å²) in [6.07, 6.45) is 0. The molecular formula is C52H32. The van der Waals surface area contributed by atoms with Gasteiger partial charge in [0.25, 0.3) is 0 Å². The molecule has 0 N–H and O–H groups in total. The molecule has 0 bridgehead atoms. The lowest BCUT2D eigenvalue weighted by Gasteiger charge is -2.16. The van der Waals surface area contributed by atoms with Crippen LogP contribution in [0.15, 0.2) is 158 Å². The van der Waals surface area contributed by atoms with Crippen LogP contribution in [-0.2, 0) is 0 Å².